The van der Waals surface area contributed by atoms with Crippen LogP contribution in [0, 0.1) is 0 Å². The highest BCUT2D eigenvalue weighted by Gasteiger charge is 2.22. The number of hydrazone groups is 1. The first-order chi connectivity index (χ1) is 9.25. The fourth-order valence-electron chi connectivity index (χ4n) is 2.23. The molecule has 0 unspecified atom stereocenters. The Labute approximate surface area is 109 Å². The summed E-state index contributed by atoms with van der Waals surface area (Å²) < 4.78 is 5.19. The highest BCUT2D eigenvalue weighted by Crippen LogP contribution is 2.22. The number of furan rings is 1. The number of aryl methyl sites for hydroxylation is 1. The maximum Gasteiger partial charge on any atom is 0.292 e. The molecule has 0 spiro atoms. The minimum absolute atomic E-state index is 0.287. The molecule has 0 bridgehead atoms. The normalized spacial score (nSPS) is 14.5. The first-order valence-corrected chi connectivity index (χ1v) is 6.20. The summed E-state index contributed by atoms with van der Waals surface area (Å²) in [6, 6.07) is 3.56. The second-order valence-electron chi connectivity index (χ2n) is 4.50. The molecule has 2 heterocycles. The van der Waals surface area contributed by atoms with Gasteiger partial charge in [0.2, 0.25) is 0 Å². The Morgan fingerprint density at radius 2 is 2.42 bits per heavy atom. The Morgan fingerprint density at radius 3 is 3.21 bits per heavy atom. The molecule has 2 aromatic rings. The third-order valence-electron chi connectivity index (χ3n) is 3.22. The number of hydrogen-bond donors (Lipinski definition) is 2. The van der Waals surface area contributed by atoms with Crippen molar-refractivity contribution in [1.29, 1.82) is 0 Å². The summed E-state index contributed by atoms with van der Waals surface area (Å²) >= 11 is 0. The molecular formula is C13H14N4O2. The van der Waals surface area contributed by atoms with Gasteiger partial charge in [-0.25, -0.2) is 5.43 Å². The van der Waals surface area contributed by atoms with Crippen LogP contribution in [0.25, 0.3) is 0 Å². The molecule has 0 aromatic carbocycles. The van der Waals surface area contributed by atoms with E-state index in [0.29, 0.717) is 17.2 Å². The van der Waals surface area contributed by atoms with Gasteiger partial charge in [0.25, 0.3) is 5.91 Å². The summed E-state index contributed by atoms with van der Waals surface area (Å²) in [6.45, 7) is 1.77. The lowest BCUT2D eigenvalue weighted by Gasteiger charge is -2.00. The number of rotatable bonds is 3. The predicted octanol–water partition coefficient (Wildman–Crippen LogP) is 1.65. The number of amides is 1. The highest BCUT2D eigenvalue weighted by atomic mass is 16.3. The predicted molar refractivity (Wildman–Crippen MR) is 69.0 cm³/mol. The zero-order valence-electron chi connectivity index (χ0n) is 10.6. The second-order valence-corrected chi connectivity index (χ2v) is 4.50. The lowest BCUT2D eigenvalue weighted by atomic mass is 10.2. The number of aromatic nitrogens is 2. The first-order valence-electron chi connectivity index (χ1n) is 6.20. The molecule has 98 valence electrons. The third kappa shape index (κ3) is 2.16. The number of nitrogens with zero attached hydrogens (tertiary/aromatic N) is 2. The fraction of sp³-hybridized carbons (Fsp3) is 0.308. The van der Waals surface area contributed by atoms with Crippen LogP contribution in [0.1, 0.15) is 40.9 Å². The molecular weight excluding hydrogens is 244 g/mol. The molecule has 3 rings (SSSR count). The van der Waals surface area contributed by atoms with E-state index in [1.165, 1.54) is 0 Å². The SMILES string of the molecule is C/C(=N\NC(=O)c1n[nH]c2c1CCC2)c1ccco1. The molecule has 6 nitrogen and oxygen atoms in total. The largest absolute Gasteiger partial charge is 0.463 e. The second kappa shape index (κ2) is 4.72. The van der Waals surface area contributed by atoms with Crippen molar-refractivity contribution >= 4 is 11.6 Å². The topological polar surface area (TPSA) is 83.3 Å². The summed E-state index contributed by atoms with van der Waals surface area (Å²) in [6.07, 6.45) is 4.50. The van der Waals surface area contributed by atoms with Crippen LogP contribution in [-0.2, 0) is 12.8 Å². The van der Waals surface area contributed by atoms with Gasteiger partial charge in [0.1, 0.15) is 11.5 Å². The number of aromatic amines is 1. The van der Waals surface area contributed by atoms with Gasteiger partial charge in [0.05, 0.1) is 6.26 Å². The van der Waals surface area contributed by atoms with Crippen LogP contribution in [-0.4, -0.2) is 21.8 Å². The highest BCUT2D eigenvalue weighted by molar-refractivity contribution is 5.99. The maximum atomic E-state index is 12.0. The Hall–Kier alpha value is -2.37. The van der Waals surface area contributed by atoms with Crippen molar-refractivity contribution in [2.75, 3.05) is 0 Å². The van der Waals surface area contributed by atoms with Crippen LogP contribution in [0.4, 0.5) is 0 Å². The first kappa shape index (κ1) is 11.7. The van der Waals surface area contributed by atoms with E-state index in [0.717, 1.165) is 30.5 Å². The average molecular weight is 258 g/mol. The molecule has 2 aromatic heterocycles. The molecule has 0 aliphatic heterocycles. The molecule has 6 heteroatoms. The monoisotopic (exact) mass is 258 g/mol. The van der Waals surface area contributed by atoms with E-state index in [1.807, 2.05) is 0 Å². The van der Waals surface area contributed by atoms with Crippen LogP contribution in [0.2, 0.25) is 0 Å². The van der Waals surface area contributed by atoms with Gasteiger partial charge in [0.15, 0.2) is 5.69 Å². The Kier molecular flexibility index (Phi) is 2.91. The molecule has 0 radical (unpaired) electrons. The number of carbonyl (C=O) groups is 1. The van der Waals surface area contributed by atoms with E-state index in [2.05, 4.69) is 20.7 Å². The molecule has 0 saturated heterocycles. The van der Waals surface area contributed by atoms with E-state index < -0.39 is 0 Å². The Bertz CT molecular complexity index is 625. The van der Waals surface area contributed by atoms with Crippen molar-refractivity contribution in [1.82, 2.24) is 15.6 Å². The number of nitrogens with one attached hydrogen (secondary N) is 2. The molecule has 19 heavy (non-hydrogen) atoms. The summed E-state index contributed by atoms with van der Waals surface area (Å²) in [5, 5.41) is 11.0. The minimum atomic E-state index is -0.287. The van der Waals surface area contributed by atoms with Crippen LogP contribution in [0.3, 0.4) is 0 Å². The van der Waals surface area contributed by atoms with Gasteiger partial charge in [-0.3, -0.25) is 9.89 Å². The van der Waals surface area contributed by atoms with Gasteiger partial charge >= 0.3 is 0 Å². The number of carbonyl (C=O) groups excluding carboxylic acids is 1. The summed E-state index contributed by atoms with van der Waals surface area (Å²) in [5.41, 5.74) is 5.66. The molecule has 1 aliphatic carbocycles. The van der Waals surface area contributed by atoms with Crippen LogP contribution >= 0.6 is 0 Å². The van der Waals surface area contributed by atoms with Gasteiger partial charge in [-0.2, -0.15) is 10.2 Å². The number of H-pyrrole nitrogens is 1. The van der Waals surface area contributed by atoms with Crippen LogP contribution < -0.4 is 5.43 Å². The zero-order valence-corrected chi connectivity index (χ0v) is 10.6. The van der Waals surface area contributed by atoms with E-state index in [9.17, 15) is 4.79 Å². The van der Waals surface area contributed by atoms with Gasteiger partial charge in [0, 0.05) is 11.3 Å². The van der Waals surface area contributed by atoms with Crippen molar-refractivity contribution in [3.63, 3.8) is 0 Å². The quantitative estimate of drug-likeness (QED) is 0.648. The zero-order chi connectivity index (χ0) is 13.2. The molecule has 1 amide bonds. The van der Waals surface area contributed by atoms with Crippen LogP contribution in [0.5, 0.6) is 0 Å². The van der Waals surface area contributed by atoms with Gasteiger partial charge in [-0.15, -0.1) is 0 Å². The van der Waals surface area contributed by atoms with Gasteiger partial charge < -0.3 is 4.42 Å². The van der Waals surface area contributed by atoms with Crippen molar-refractivity contribution < 1.29 is 9.21 Å². The lowest BCUT2D eigenvalue weighted by Crippen LogP contribution is -2.20. The van der Waals surface area contributed by atoms with E-state index >= 15 is 0 Å². The van der Waals surface area contributed by atoms with Crippen molar-refractivity contribution in [3.8, 4) is 0 Å². The molecule has 0 saturated carbocycles. The smallest absolute Gasteiger partial charge is 0.292 e. The third-order valence-corrected chi connectivity index (χ3v) is 3.22. The lowest BCUT2D eigenvalue weighted by molar-refractivity contribution is 0.0949. The minimum Gasteiger partial charge on any atom is -0.463 e. The average Bonchev–Trinajstić information content (AvgIpc) is 3.10. The fourth-order valence-corrected chi connectivity index (χ4v) is 2.23. The van der Waals surface area contributed by atoms with E-state index in [1.54, 1.807) is 25.3 Å². The Balaban J connectivity index is 1.73. The molecule has 2 N–H and O–H groups in total. The molecule has 1 aliphatic rings. The van der Waals surface area contributed by atoms with E-state index in [-0.39, 0.29) is 5.91 Å². The number of fused-ring (bicyclic) bond motifs is 1. The van der Waals surface area contributed by atoms with Gasteiger partial charge in [-0.1, -0.05) is 0 Å². The molecule has 0 fully saturated rings. The summed E-state index contributed by atoms with van der Waals surface area (Å²) in [4.78, 5) is 12.0. The van der Waals surface area contributed by atoms with E-state index in [4.69, 9.17) is 4.42 Å². The summed E-state index contributed by atoms with van der Waals surface area (Å²) in [5.74, 6) is 0.345. The number of hydrogen-bond acceptors (Lipinski definition) is 4. The summed E-state index contributed by atoms with van der Waals surface area (Å²) in [7, 11) is 0. The van der Waals surface area contributed by atoms with Gasteiger partial charge in [-0.05, 0) is 38.3 Å². The van der Waals surface area contributed by atoms with Crippen molar-refractivity contribution in [2.45, 2.75) is 26.2 Å². The maximum absolute atomic E-state index is 12.0. The van der Waals surface area contributed by atoms with Crippen LogP contribution in [0.15, 0.2) is 27.9 Å². The van der Waals surface area contributed by atoms with Crippen molar-refractivity contribution in [2.24, 2.45) is 5.10 Å². The molecule has 0 atom stereocenters. The Morgan fingerprint density at radius 1 is 1.53 bits per heavy atom. The standard InChI is InChI=1S/C13H14N4O2/c1-8(11-6-3-7-19-11)14-17-13(18)12-9-4-2-5-10(9)15-16-12/h3,6-7H,2,4-5H2,1H3,(H,15,16)(H,17,18)/b14-8+. The van der Waals surface area contributed by atoms with Crippen molar-refractivity contribution in [3.05, 3.63) is 41.1 Å².